The van der Waals surface area contributed by atoms with Gasteiger partial charge in [0.15, 0.2) is 5.16 Å². The predicted molar refractivity (Wildman–Crippen MR) is 133 cm³/mol. The Labute approximate surface area is 202 Å². The number of alkyl halides is 2. The number of hydrogen-bond donors (Lipinski definition) is 1. The van der Waals surface area contributed by atoms with Gasteiger partial charge in [-0.25, -0.2) is 14.8 Å². The SMILES string of the molecule is CSc1nc(-c2ccc(C3(NC(=O)OCC[Si](C)(C)C)CSC3)cc2)c2c(n1)C(F)(F)CC2. The summed E-state index contributed by atoms with van der Waals surface area (Å²) < 4.78 is 34.1. The van der Waals surface area contributed by atoms with Crippen LogP contribution in [-0.2, 0) is 22.6 Å². The number of halogens is 2. The second-order valence-electron chi connectivity index (χ2n) is 9.81. The molecule has 0 unspecified atom stereocenters. The number of nitrogens with one attached hydrogen (secondary N) is 1. The van der Waals surface area contributed by atoms with E-state index >= 15 is 0 Å². The van der Waals surface area contributed by atoms with Crippen molar-refractivity contribution in [3.8, 4) is 11.3 Å². The zero-order valence-corrected chi connectivity index (χ0v) is 22.0. The van der Waals surface area contributed by atoms with Crippen molar-refractivity contribution in [3.63, 3.8) is 0 Å². The Bertz CT molecular complexity index is 1040. The molecule has 1 fully saturated rings. The molecule has 178 valence electrons. The molecule has 1 amide bonds. The van der Waals surface area contributed by atoms with E-state index in [-0.39, 0.29) is 18.5 Å². The molecule has 5 nitrogen and oxygen atoms in total. The number of fused-ring (bicyclic) bond motifs is 1. The Kier molecular flexibility index (Phi) is 6.81. The highest BCUT2D eigenvalue weighted by atomic mass is 32.2. The summed E-state index contributed by atoms with van der Waals surface area (Å²) in [4.78, 5) is 21.1. The number of rotatable bonds is 7. The van der Waals surface area contributed by atoms with Gasteiger partial charge in [0.1, 0.15) is 5.69 Å². The van der Waals surface area contributed by atoms with E-state index in [1.54, 1.807) is 18.0 Å². The number of ether oxygens (including phenoxy) is 1. The van der Waals surface area contributed by atoms with Gasteiger partial charge in [-0.2, -0.15) is 20.5 Å². The van der Waals surface area contributed by atoms with E-state index in [2.05, 4.69) is 34.9 Å². The average Bonchev–Trinajstić information content (AvgIpc) is 3.04. The van der Waals surface area contributed by atoms with E-state index in [0.717, 1.165) is 28.7 Å². The van der Waals surface area contributed by atoms with Crippen molar-refractivity contribution in [1.29, 1.82) is 0 Å². The quantitative estimate of drug-likeness (QED) is 0.284. The third-order valence-electron chi connectivity index (χ3n) is 6.04. The molecule has 1 aromatic carbocycles. The first kappa shape index (κ1) is 24.5. The molecule has 1 aliphatic carbocycles. The molecular formula is C23H29F2N3O2S2Si. The first-order chi connectivity index (χ1) is 15.5. The van der Waals surface area contributed by atoms with Crippen molar-refractivity contribution in [1.82, 2.24) is 15.3 Å². The van der Waals surface area contributed by atoms with Crippen LogP contribution >= 0.6 is 23.5 Å². The van der Waals surface area contributed by atoms with E-state index < -0.39 is 25.6 Å². The molecule has 2 aliphatic rings. The van der Waals surface area contributed by atoms with Gasteiger partial charge >= 0.3 is 6.09 Å². The predicted octanol–water partition coefficient (Wildman–Crippen LogP) is 5.91. The molecule has 0 saturated carbocycles. The number of thioether (sulfide) groups is 2. The second kappa shape index (κ2) is 9.18. The summed E-state index contributed by atoms with van der Waals surface area (Å²) in [7, 11) is -1.27. The van der Waals surface area contributed by atoms with Gasteiger partial charge in [-0.1, -0.05) is 55.7 Å². The maximum Gasteiger partial charge on any atom is 0.407 e. The molecule has 0 spiro atoms. The first-order valence-corrected chi connectivity index (χ1v) is 17.1. The molecule has 2 heterocycles. The van der Waals surface area contributed by atoms with Crippen molar-refractivity contribution in [2.24, 2.45) is 0 Å². The van der Waals surface area contributed by atoms with Crippen molar-refractivity contribution in [2.75, 3.05) is 24.4 Å². The Hall–Kier alpha value is -1.65. The number of carbonyl (C=O) groups excluding carboxylic acids is 1. The number of nitrogens with zero attached hydrogens (tertiary/aromatic N) is 2. The Balaban J connectivity index is 1.54. The topological polar surface area (TPSA) is 64.1 Å². The Morgan fingerprint density at radius 2 is 1.91 bits per heavy atom. The number of carbonyl (C=O) groups is 1. The minimum Gasteiger partial charge on any atom is -0.450 e. The minimum atomic E-state index is -2.91. The highest BCUT2D eigenvalue weighted by Gasteiger charge is 2.44. The van der Waals surface area contributed by atoms with E-state index in [1.165, 1.54) is 11.8 Å². The van der Waals surface area contributed by atoms with Gasteiger partial charge in [0.25, 0.3) is 5.92 Å². The fraction of sp³-hybridized carbons (Fsp3) is 0.522. The summed E-state index contributed by atoms with van der Waals surface area (Å²) in [5.41, 5.74) is 2.26. The largest absolute Gasteiger partial charge is 0.450 e. The number of aromatic nitrogens is 2. The number of amides is 1. The van der Waals surface area contributed by atoms with Crippen molar-refractivity contribution < 1.29 is 18.3 Å². The number of hydrogen-bond acceptors (Lipinski definition) is 6. The van der Waals surface area contributed by atoms with Gasteiger partial charge in [0.2, 0.25) is 0 Å². The Morgan fingerprint density at radius 3 is 2.48 bits per heavy atom. The highest BCUT2D eigenvalue weighted by molar-refractivity contribution is 8.00. The molecule has 10 heteroatoms. The van der Waals surface area contributed by atoms with Gasteiger partial charge in [0, 0.05) is 37.1 Å². The molecule has 33 heavy (non-hydrogen) atoms. The fourth-order valence-corrected chi connectivity index (χ4v) is 6.15. The van der Waals surface area contributed by atoms with Crippen LogP contribution in [-0.4, -0.2) is 48.5 Å². The van der Waals surface area contributed by atoms with E-state index in [0.29, 0.717) is 23.0 Å². The summed E-state index contributed by atoms with van der Waals surface area (Å²) in [6.07, 6.45) is 1.43. The number of benzene rings is 1. The normalized spacial score (nSPS) is 18.4. The van der Waals surface area contributed by atoms with Crippen molar-refractivity contribution in [2.45, 2.75) is 55.1 Å². The summed E-state index contributed by atoms with van der Waals surface area (Å²) in [6.45, 7) is 7.17. The first-order valence-electron chi connectivity index (χ1n) is 11.0. The molecule has 1 aromatic heterocycles. The van der Waals surface area contributed by atoms with Gasteiger partial charge < -0.3 is 10.1 Å². The maximum atomic E-state index is 14.3. The molecule has 1 aliphatic heterocycles. The third kappa shape index (κ3) is 5.22. The van der Waals surface area contributed by atoms with Gasteiger partial charge in [-0.3, -0.25) is 0 Å². The molecule has 1 N–H and O–H groups in total. The van der Waals surface area contributed by atoms with Gasteiger partial charge in [-0.15, -0.1) is 0 Å². The van der Waals surface area contributed by atoms with E-state index in [9.17, 15) is 13.6 Å². The summed E-state index contributed by atoms with van der Waals surface area (Å²) in [5, 5.41) is 3.42. The number of alkyl carbamates (subject to hydrolysis) is 1. The lowest BCUT2D eigenvalue weighted by Crippen LogP contribution is -2.55. The third-order valence-corrected chi connectivity index (χ3v) is 9.68. The molecule has 0 bridgehead atoms. The van der Waals surface area contributed by atoms with Crippen LogP contribution in [0.15, 0.2) is 29.4 Å². The van der Waals surface area contributed by atoms with Crippen LogP contribution in [0.4, 0.5) is 13.6 Å². The molecule has 2 aromatic rings. The van der Waals surface area contributed by atoms with Gasteiger partial charge in [-0.05, 0) is 24.3 Å². The van der Waals surface area contributed by atoms with Crippen LogP contribution in [0.1, 0.15) is 23.2 Å². The van der Waals surface area contributed by atoms with Crippen molar-refractivity contribution >= 4 is 37.7 Å². The lowest BCUT2D eigenvalue weighted by Gasteiger charge is -2.42. The van der Waals surface area contributed by atoms with E-state index in [4.69, 9.17) is 4.74 Å². The summed E-state index contributed by atoms with van der Waals surface area (Å²) in [6, 6.07) is 8.65. The van der Waals surface area contributed by atoms with Crippen molar-refractivity contribution in [3.05, 3.63) is 41.1 Å². The molecule has 1 saturated heterocycles. The van der Waals surface area contributed by atoms with Gasteiger partial charge in [0.05, 0.1) is 17.8 Å². The monoisotopic (exact) mass is 509 g/mol. The fourth-order valence-electron chi connectivity index (χ4n) is 3.98. The van der Waals surface area contributed by atoms with Crippen LogP contribution in [0.5, 0.6) is 0 Å². The summed E-state index contributed by atoms with van der Waals surface area (Å²) >= 11 is 3.02. The smallest absolute Gasteiger partial charge is 0.407 e. The lowest BCUT2D eigenvalue weighted by atomic mass is 9.91. The molecule has 0 atom stereocenters. The van der Waals surface area contributed by atoms with Crippen LogP contribution in [0.3, 0.4) is 0 Å². The molecule has 4 rings (SSSR count). The summed E-state index contributed by atoms with van der Waals surface area (Å²) in [5.74, 6) is -1.38. The standard InChI is InChI=1S/C23H29F2N3O2S2Si/c1-31-20-26-18(17-9-10-23(24,25)19(17)27-20)15-5-7-16(8-6-15)22(13-32-14-22)28-21(29)30-11-12-33(2,3)4/h5-8H,9-14H2,1-4H3,(H,28,29). The van der Waals surface area contributed by atoms with Crippen LogP contribution in [0.25, 0.3) is 11.3 Å². The van der Waals surface area contributed by atoms with Crippen LogP contribution < -0.4 is 5.32 Å². The van der Waals surface area contributed by atoms with Crippen LogP contribution in [0.2, 0.25) is 25.7 Å². The minimum absolute atomic E-state index is 0.143. The molecular weight excluding hydrogens is 480 g/mol. The van der Waals surface area contributed by atoms with E-state index in [1.807, 2.05) is 24.3 Å². The molecule has 0 radical (unpaired) electrons. The zero-order valence-electron chi connectivity index (χ0n) is 19.3. The highest BCUT2D eigenvalue weighted by Crippen LogP contribution is 2.45. The zero-order chi connectivity index (χ0) is 23.9. The lowest BCUT2D eigenvalue weighted by molar-refractivity contribution is -0.00650. The second-order valence-corrected chi connectivity index (χ2v) is 17.2. The Morgan fingerprint density at radius 1 is 1.21 bits per heavy atom. The average molecular weight is 510 g/mol. The maximum absolute atomic E-state index is 14.3. The van der Waals surface area contributed by atoms with Crippen LogP contribution in [0, 0.1) is 0 Å².